The van der Waals surface area contributed by atoms with Gasteiger partial charge in [-0.2, -0.15) is 0 Å². The molecule has 6 N–H and O–H groups in total. The van der Waals surface area contributed by atoms with Crippen molar-refractivity contribution in [3.63, 3.8) is 0 Å². The van der Waals surface area contributed by atoms with E-state index in [-0.39, 0.29) is 0 Å². The monoisotopic (exact) mass is 810 g/mol. The average Bonchev–Trinajstić information content (AvgIpc) is 3.01. The summed E-state index contributed by atoms with van der Waals surface area (Å²) in [6.07, 6.45) is 0. The van der Waals surface area contributed by atoms with Crippen molar-refractivity contribution >= 4 is 102 Å². The lowest BCUT2D eigenvalue weighted by Crippen LogP contribution is -2.36. The lowest BCUT2D eigenvalue weighted by Gasteiger charge is -2.30. The molecule has 0 aromatic heterocycles. The highest BCUT2D eigenvalue weighted by molar-refractivity contribution is 14.1. The first-order valence-corrected chi connectivity index (χ1v) is 15.2. The first-order chi connectivity index (χ1) is 20.2. The number of nitrogens with two attached hydrogens (primary N) is 3. The molecule has 2 fully saturated rings. The maximum absolute atomic E-state index is 7.19. The Bertz CT molecular complexity index is 1520. The lowest BCUT2D eigenvalue weighted by molar-refractivity contribution is 0.122. The Balaban J connectivity index is 0.000000176. The molecule has 0 bridgehead atoms. The van der Waals surface area contributed by atoms with E-state index >= 15 is 0 Å². The number of hydrogen-bond donors (Lipinski definition) is 3. The molecule has 5 rings (SSSR count). The van der Waals surface area contributed by atoms with E-state index in [0.717, 1.165) is 50.4 Å². The van der Waals surface area contributed by atoms with Gasteiger partial charge in [0, 0.05) is 66.8 Å². The quantitative estimate of drug-likeness (QED) is 0.145. The van der Waals surface area contributed by atoms with Gasteiger partial charge in [0.2, 0.25) is 17.1 Å². The van der Waals surface area contributed by atoms with E-state index in [4.69, 9.17) is 58.0 Å². The zero-order valence-corrected chi connectivity index (χ0v) is 27.7. The molecule has 218 valence electrons. The average molecular weight is 811 g/mol. The van der Waals surface area contributed by atoms with Gasteiger partial charge in [-0.05, 0) is 81.6 Å². The highest BCUT2D eigenvalue weighted by atomic mass is 127. The van der Waals surface area contributed by atoms with Crippen molar-refractivity contribution in [1.82, 2.24) is 0 Å². The second-order valence-corrected chi connectivity index (χ2v) is 11.7. The fraction of sp³-hybridized carbons (Fsp3) is 0.276. The molecular weight excluding hydrogens is 782 g/mol. The zero-order valence-electron chi connectivity index (χ0n) is 22.6. The molecule has 0 aliphatic carbocycles. The molecule has 0 spiro atoms. The minimum atomic E-state index is 0.415. The lowest BCUT2D eigenvalue weighted by atomic mass is 10.2. The van der Waals surface area contributed by atoms with Crippen molar-refractivity contribution in [1.29, 1.82) is 0 Å². The van der Waals surface area contributed by atoms with Crippen LogP contribution in [0.2, 0.25) is 5.02 Å². The van der Waals surface area contributed by atoms with Crippen LogP contribution in [0.15, 0.2) is 42.5 Å². The van der Waals surface area contributed by atoms with Gasteiger partial charge in [-0.15, -0.1) is 0 Å². The van der Waals surface area contributed by atoms with Crippen LogP contribution in [0.4, 0.5) is 45.5 Å². The van der Waals surface area contributed by atoms with E-state index in [1.807, 2.05) is 18.2 Å². The maximum Gasteiger partial charge on any atom is 0.210 e. The highest BCUT2D eigenvalue weighted by Gasteiger charge is 2.17. The number of ether oxygens (including phenoxy) is 2. The summed E-state index contributed by atoms with van der Waals surface area (Å²) in [5, 5.41) is 0.415. The van der Waals surface area contributed by atoms with Gasteiger partial charge in [-0.25, -0.2) is 14.5 Å². The van der Waals surface area contributed by atoms with E-state index < -0.39 is 0 Å². The summed E-state index contributed by atoms with van der Waals surface area (Å²) in [5.74, 6) is 0. The summed E-state index contributed by atoms with van der Waals surface area (Å²) < 4.78 is 12.4. The summed E-state index contributed by atoms with van der Waals surface area (Å²) in [7, 11) is 0. The Kier molecular flexibility index (Phi) is 13.0. The summed E-state index contributed by atoms with van der Waals surface area (Å²) in [5.41, 5.74) is 22.8. The summed E-state index contributed by atoms with van der Waals surface area (Å²) in [6.45, 7) is 27.2. The van der Waals surface area contributed by atoms with Gasteiger partial charge >= 0.3 is 0 Å². The molecule has 2 aliphatic heterocycles. The standard InChI is InChI=1S/C11H12IN3O.C11H13N3O.C7H4ClIN2/c1-14-10-6-8(12)9(13)7-11(10)15-2-4-16-5-3-15;1-13-10-3-2-9(12)8-11(10)14-4-6-15-7-5-14;1-11-7-3-5(9)6(10)2-4(7)8/h6-7H,2-5,13H2;2-3,8H,4-7,12H2;2-3H,10H2. The SMILES string of the molecule is [C-]#[N+]c1cc(I)c(N)cc1Cl.[C-]#[N+]c1cc(I)c(N)cc1N1CCOCC1.[C-]#[N+]c1ccc(N)cc1N1CCOCC1. The second kappa shape index (κ2) is 16.4. The largest absolute Gasteiger partial charge is 0.399 e. The Morgan fingerprint density at radius 3 is 1.60 bits per heavy atom. The molecule has 3 aromatic carbocycles. The molecule has 0 unspecified atom stereocenters. The predicted molar refractivity (Wildman–Crippen MR) is 188 cm³/mol. The molecule has 3 aromatic rings. The van der Waals surface area contributed by atoms with Gasteiger partial charge in [-0.3, -0.25) is 0 Å². The fourth-order valence-electron chi connectivity index (χ4n) is 4.04. The van der Waals surface area contributed by atoms with Crippen molar-refractivity contribution in [2.75, 3.05) is 79.6 Å². The summed E-state index contributed by atoms with van der Waals surface area (Å²) in [6, 6.07) is 12.4. The zero-order chi connectivity index (χ0) is 30.6. The Hall–Kier alpha value is -3.20. The van der Waals surface area contributed by atoms with Crippen LogP contribution in [-0.4, -0.2) is 52.6 Å². The maximum atomic E-state index is 7.19. The van der Waals surface area contributed by atoms with Crippen LogP contribution in [0.25, 0.3) is 14.5 Å². The van der Waals surface area contributed by atoms with Gasteiger partial charge in [0.15, 0.2) is 0 Å². The van der Waals surface area contributed by atoms with E-state index in [9.17, 15) is 0 Å². The molecule has 2 saturated heterocycles. The van der Waals surface area contributed by atoms with Crippen LogP contribution in [0.3, 0.4) is 0 Å². The third kappa shape index (κ3) is 9.15. The number of morpholine rings is 2. The smallest absolute Gasteiger partial charge is 0.210 e. The molecule has 42 heavy (non-hydrogen) atoms. The van der Waals surface area contributed by atoms with E-state index in [2.05, 4.69) is 69.5 Å². The van der Waals surface area contributed by atoms with Crippen LogP contribution in [0, 0.1) is 26.9 Å². The van der Waals surface area contributed by atoms with Gasteiger partial charge < -0.3 is 36.5 Å². The molecule has 10 nitrogen and oxygen atoms in total. The van der Waals surface area contributed by atoms with E-state index in [0.29, 0.717) is 59.9 Å². The van der Waals surface area contributed by atoms with Crippen molar-refractivity contribution in [2.24, 2.45) is 0 Å². The first kappa shape index (κ1) is 33.3. The summed E-state index contributed by atoms with van der Waals surface area (Å²) in [4.78, 5) is 14.6. The Morgan fingerprint density at radius 1 is 0.643 bits per heavy atom. The molecule has 2 heterocycles. The number of anilines is 5. The number of nitrogen functional groups attached to an aromatic ring is 3. The predicted octanol–water partition coefficient (Wildman–Crippen LogP) is 6.99. The van der Waals surface area contributed by atoms with Crippen molar-refractivity contribution < 1.29 is 9.47 Å². The molecule has 0 radical (unpaired) electrons. The van der Waals surface area contributed by atoms with Crippen LogP contribution in [-0.2, 0) is 9.47 Å². The number of halogens is 3. The van der Waals surface area contributed by atoms with Gasteiger partial charge in [0.25, 0.3) is 0 Å². The number of nitrogens with zero attached hydrogens (tertiary/aromatic N) is 5. The molecule has 0 saturated carbocycles. The van der Waals surface area contributed by atoms with Gasteiger partial charge in [0.1, 0.15) is 0 Å². The topological polar surface area (TPSA) is 116 Å². The normalized spacial score (nSPS) is 14.2. The minimum Gasteiger partial charge on any atom is -0.399 e. The number of hydrogen-bond acceptors (Lipinski definition) is 7. The molecular formula is C29H29ClI2N8O2. The first-order valence-electron chi connectivity index (χ1n) is 12.7. The van der Waals surface area contributed by atoms with E-state index in [1.165, 1.54) is 0 Å². The highest BCUT2D eigenvalue weighted by Crippen LogP contribution is 2.35. The minimum absolute atomic E-state index is 0.415. The number of benzene rings is 3. The second-order valence-electron chi connectivity index (χ2n) is 8.97. The van der Waals surface area contributed by atoms with Crippen LogP contribution >= 0.6 is 56.8 Å². The van der Waals surface area contributed by atoms with E-state index in [1.54, 1.807) is 24.3 Å². The van der Waals surface area contributed by atoms with Crippen LogP contribution in [0.5, 0.6) is 0 Å². The summed E-state index contributed by atoms with van der Waals surface area (Å²) >= 11 is 9.92. The van der Waals surface area contributed by atoms with Crippen molar-refractivity contribution in [2.45, 2.75) is 0 Å². The van der Waals surface area contributed by atoms with Crippen molar-refractivity contribution in [3.8, 4) is 0 Å². The fourth-order valence-corrected chi connectivity index (χ4v) is 5.16. The third-order valence-electron chi connectivity index (χ3n) is 6.22. The molecule has 0 atom stereocenters. The van der Waals surface area contributed by atoms with Gasteiger partial charge in [-0.1, -0.05) is 17.7 Å². The third-order valence-corrected chi connectivity index (χ3v) is 8.40. The Labute approximate surface area is 278 Å². The van der Waals surface area contributed by atoms with Crippen LogP contribution < -0.4 is 27.0 Å². The van der Waals surface area contributed by atoms with Crippen LogP contribution in [0.1, 0.15) is 0 Å². The molecule has 2 aliphatic rings. The molecule has 13 heteroatoms. The Morgan fingerprint density at radius 2 is 1.10 bits per heavy atom. The number of rotatable bonds is 2. The van der Waals surface area contributed by atoms with Gasteiger partial charge in [0.05, 0.1) is 46.1 Å². The molecule has 0 amide bonds. The van der Waals surface area contributed by atoms with Crippen molar-refractivity contribution in [3.05, 3.63) is 88.9 Å².